The Labute approximate surface area is 105 Å². The van der Waals surface area contributed by atoms with Crippen molar-refractivity contribution >= 4 is 49.2 Å². The highest BCUT2D eigenvalue weighted by Crippen LogP contribution is 2.18. The molecule has 0 amide bonds. The third-order valence-corrected chi connectivity index (χ3v) is 2.92. The first-order valence-corrected chi connectivity index (χ1v) is 6.57. The van der Waals surface area contributed by atoms with Gasteiger partial charge in [-0.15, -0.1) is 11.6 Å². The van der Waals surface area contributed by atoms with Crippen molar-refractivity contribution in [1.82, 2.24) is 0 Å². The maximum atomic E-state index is 11.6. The van der Waals surface area contributed by atoms with E-state index in [-0.39, 0.29) is 5.78 Å². The molecule has 14 heavy (non-hydrogen) atoms. The lowest BCUT2D eigenvalue weighted by atomic mass is 10.1. The zero-order valence-corrected chi connectivity index (χ0v) is 11.3. The molecule has 0 aromatic heterocycles. The van der Waals surface area contributed by atoms with E-state index in [2.05, 4.69) is 31.9 Å². The van der Waals surface area contributed by atoms with Gasteiger partial charge in [0.2, 0.25) is 0 Å². The summed E-state index contributed by atoms with van der Waals surface area (Å²) in [6.07, 6.45) is 0.512. The van der Waals surface area contributed by atoms with Crippen molar-refractivity contribution in [3.63, 3.8) is 0 Å². The molecule has 0 fully saturated rings. The standard InChI is InChI=1S/C10H9Br2ClO/c11-2-1-10(14)8-3-7(6-13)4-9(12)5-8/h3-5H,1-2,6H2. The maximum Gasteiger partial charge on any atom is 0.163 e. The molecule has 0 bridgehead atoms. The summed E-state index contributed by atoms with van der Waals surface area (Å²) < 4.78 is 0.897. The summed E-state index contributed by atoms with van der Waals surface area (Å²) >= 11 is 12.3. The van der Waals surface area contributed by atoms with E-state index in [0.29, 0.717) is 17.6 Å². The topological polar surface area (TPSA) is 17.1 Å². The number of carbonyl (C=O) groups is 1. The van der Waals surface area contributed by atoms with Crippen LogP contribution in [-0.2, 0) is 5.88 Å². The van der Waals surface area contributed by atoms with Crippen molar-refractivity contribution in [2.45, 2.75) is 12.3 Å². The van der Waals surface area contributed by atoms with Crippen LogP contribution < -0.4 is 0 Å². The van der Waals surface area contributed by atoms with Crippen LogP contribution in [0, 0.1) is 0 Å². The van der Waals surface area contributed by atoms with E-state index in [1.54, 1.807) is 0 Å². The van der Waals surface area contributed by atoms with E-state index in [1.165, 1.54) is 0 Å². The molecule has 1 aromatic rings. The first-order chi connectivity index (χ1) is 6.67. The van der Waals surface area contributed by atoms with E-state index in [1.807, 2.05) is 18.2 Å². The molecule has 1 nitrogen and oxygen atoms in total. The number of halogens is 3. The molecule has 0 aliphatic rings. The van der Waals surface area contributed by atoms with E-state index < -0.39 is 0 Å². The highest BCUT2D eigenvalue weighted by atomic mass is 79.9. The molecule has 0 heterocycles. The minimum Gasteiger partial charge on any atom is -0.294 e. The summed E-state index contributed by atoms with van der Waals surface area (Å²) in [5, 5.41) is 0.689. The van der Waals surface area contributed by atoms with Gasteiger partial charge in [0.15, 0.2) is 5.78 Å². The molecule has 0 N–H and O–H groups in total. The van der Waals surface area contributed by atoms with Gasteiger partial charge in [0.25, 0.3) is 0 Å². The van der Waals surface area contributed by atoms with E-state index in [9.17, 15) is 4.79 Å². The fourth-order valence-corrected chi connectivity index (χ4v) is 2.17. The average Bonchev–Trinajstić information content (AvgIpc) is 2.17. The summed E-state index contributed by atoms with van der Waals surface area (Å²) in [6.45, 7) is 0. The van der Waals surface area contributed by atoms with Crippen LogP contribution in [0.5, 0.6) is 0 Å². The Hall–Kier alpha value is 0.140. The van der Waals surface area contributed by atoms with Gasteiger partial charge in [0.05, 0.1) is 0 Å². The predicted molar refractivity (Wildman–Crippen MR) is 66.4 cm³/mol. The van der Waals surface area contributed by atoms with Crippen LogP contribution >= 0.6 is 43.5 Å². The van der Waals surface area contributed by atoms with Gasteiger partial charge >= 0.3 is 0 Å². The van der Waals surface area contributed by atoms with Gasteiger partial charge in [0, 0.05) is 27.7 Å². The van der Waals surface area contributed by atoms with E-state index >= 15 is 0 Å². The molecule has 0 aliphatic carbocycles. The Kier molecular flexibility index (Phi) is 5.13. The average molecular weight is 340 g/mol. The molecule has 0 spiro atoms. The zero-order valence-electron chi connectivity index (χ0n) is 7.40. The number of hydrogen-bond donors (Lipinski definition) is 0. The largest absolute Gasteiger partial charge is 0.294 e. The van der Waals surface area contributed by atoms with Crippen molar-refractivity contribution in [1.29, 1.82) is 0 Å². The predicted octanol–water partition coefficient (Wildman–Crippen LogP) is 4.16. The molecule has 0 unspecified atom stereocenters. The number of carbonyl (C=O) groups excluding carboxylic acids is 1. The van der Waals surface area contributed by atoms with Gasteiger partial charge in [-0.25, -0.2) is 0 Å². The third-order valence-electron chi connectivity index (χ3n) is 1.76. The highest BCUT2D eigenvalue weighted by Gasteiger charge is 2.06. The zero-order chi connectivity index (χ0) is 10.6. The second-order valence-electron chi connectivity index (χ2n) is 2.84. The fraction of sp³-hybridized carbons (Fsp3) is 0.300. The van der Waals surface area contributed by atoms with Crippen LogP contribution in [0.1, 0.15) is 22.3 Å². The van der Waals surface area contributed by atoms with Gasteiger partial charge in [-0.3, -0.25) is 4.79 Å². The Bertz CT molecular complexity index is 339. The summed E-state index contributed by atoms with van der Waals surface area (Å²) in [5.74, 6) is 0.558. The van der Waals surface area contributed by atoms with Crippen molar-refractivity contribution in [2.75, 3.05) is 5.33 Å². The van der Waals surface area contributed by atoms with Crippen LogP contribution in [0.25, 0.3) is 0 Å². The van der Waals surface area contributed by atoms with Gasteiger partial charge in [0.1, 0.15) is 0 Å². The monoisotopic (exact) mass is 338 g/mol. The van der Waals surface area contributed by atoms with Crippen LogP contribution in [0.15, 0.2) is 22.7 Å². The first-order valence-electron chi connectivity index (χ1n) is 4.12. The van der Waals surface area contributed by atoms with Gasteiger partial charge in [-0.05, 0) is 23.8 Å². The van der Waals surface area contributed by atoms with Crippen LogP contribution in [0.2, 0.25) is 0 Å². The number of benzene rings is 1. The second kappa shape index (κ2) is 5.89. The Morgan fingerprint density at radius 3 is 2.64 bits per heavy atom. The van der Waals surface area contributed by atoms with Gasteiger partial charge in [-0.1, -0.05) is 31.9 Å². The molecule has 1 aromatic carbocycles. The smallest absolute Gasteiger partial charge is 0.163 e. The molecule has 0 atom stereocenters. The SMILES string of the molecule is O=C(CCBr)c1cc(Br)cc(CCl)c1. The number of Topliss-reactive ketones (excluding diaryl/α,β-unsaturated/α-hetero) is 1. The lowest BCUT2D eigenvalue weighted by Gasteiger charge is -2.03. The lowest BCUT2D eigenvalue weighted by molar-refractivity contribution is 0.0989. The van der Waals surface area contributed by atoms with Gasteiger partial charge in [-0.2, -0.15) is 0 Å². The third kappa shape index (κ3) is 3.37. The molecule has 1 rings (SSSR count). The molecule has 0 radical (unpaired) electrons. The lowest BCUT2D eigenvalue weighted by Crippen LogP contribution is -2.00. The van der Waals surface area contributed by atoms with Crippen molar-refractivity contribution < 1.29 is 4.79 Å². The quantitative estimate of drug-likeness (QED) is 0.594. The Morgan fingerprint density at radius 1 is 1.36 bits per heavy atom. The summed E-state index contributed by atoms with van der Waals surface area (Å²) in [5.41, 5.74) is 1.67. The van der Waals surface area contributed by atoms with Crippen LogP contribution in [-0.4, -0.2) is 11.1 Å². The summed E-state index contributed by atoms with van der Waals surface area (Å²) in [7, 11) is 0. The molecule has 76 valence electrons. The minimum absolute atomic E-state index is 0.134. The van der Waals surface area contributed by atoms with E-state index in [0.717, 1.165) is 15.6 Å². The molecule has 0 aliphatic heterocycles. The molecule has 4 heteroatoms. The van der Waals surface area contributed by atoms with Crippen LogP contribution in [0.4, 0.5) is 0 Å². The van der Waals surface area contributed by atoms with E-state index in [4.69, 9.17) is 11.6 Å². The molecule has 0 saturated heterocycles. The number of alkyl halides is 2. The molecular weight excluding hydrogens is 331 g/mol. The number of ketones is 1. The normalized spacial score (nSPS) is 10.2. The van der Waals surface area contributed by atoms with Crippen molar-refractivity contribution in [3.05, 3.63) is 33.8 Å². The first kappa shape index (κ1) is 12.2. The van der Waals surface area contributed by atoms with Crippen molar-refractivity contribution in [3.8, 4) is 0 Å². The maximum absolute atomic E-state index is 11.6. The number of rotatable bonds is 4. The van der Waals surface area contributed by atoms with Crippen LogP contribution in [0.3, 0.4) is 0 Å². The minimum atomic E-state index is 0.134. The number of hydrogen-bond acceptors (Lipinski definition) is 1. The highest BCUT2D eigenvalue weighted by molar-refractivity contribution is 9.10. The molecular formula is C10H9Br2ClO. The Balaban J connectivity index is 2.96. The second-order valence-corrected chi connectivity index (χ2v) is 4.82. The van der Waals surface area contributed by atoms with Gasteiger partial charge < -0.3 is 0 Å². The fourth-order valence-electron chi connectivity index (χ4n) is 1.12. The molecule has 0 saturated carbocycles. The summed E-state index contributed by atoms with van der Waals surface area (Å²) in [4.78, 5) is 11.6. The Morgan fingerprint density at radius 2 is 2.07 bits per heavy atom. The summed E-state index contributed by atoms with van der Waals surface area (Å²) in [6, 6.07) is 5.57. The van der Waals surface area contributed by atoms with Crippen molar-refractivity contribution in [2.24, 2.45) is 0 Å².